The number of nitrogens with zero attached hydrogens (tertiary/aromatic N) is 3. The number of aromatic amines is 1. The van der Waals surface area contributed by atoms with E-state index in [0.717, 1.165) is 53.4 Å². The number of hydrogen-bond donors (Lipinski definition) is 1. The Morgan fingerprint density at radius 1 is 1.00 bits per heavy atom. The zero-order chi connectivity index (χ0) is 19.3. The molecule has 140 valence electrons. The van der Waals surface area contributed by atoms with Crippen LogP contribution >= 0.6 is 11.8 Å². The number of aromatic nitrogens is 2. The zero-order valence-electron chi connectivity index (χ0n) is 15.4. The molecule has 1 N–H and O–H groups in total. The number of nitriles is 2. The Labute approximate surface area is 168 Å². The van der Waals surface area contributed by atoms with Gasteiger partial charge in [-0.3, -0.25) is 0 Å². The van der Waals surface area contributed by atoms with Crippen molar-refractivity contribution >= 4 is 22.8 Å². The lowest BCUT2D eigenvalue weighted by Gasteiger charge is -2.28. The molecule has 0 spiro atoms. The lowest BCUT2D eigenvalue weighted by atomic mass is 9.89. The first-order valence-electron chi connectivity index (χ1n) is 9.43. The first kappa shape index (κ1) is 18.4. The van der Waals surface area contributed by atoms with Gasteiger partial charge in [-0.1, -0.05) is 11.8 Å². The van der Waals surface area contributed by atoms with Crippen molar-refractivity contribution in [2.45, 2.75) is 36.9 Å². The molecule has 1 saturated carbocycles. The van der Waals surface area contributed by atoms with Crippen LogP contribution in [0.2, 0.25) is 0 Å². The van der Waals surface area contributed by atoms with Crippen LogP contribution < -0.4 is 4.74 Å². The monoisotopic (exact) mass is 388 g/mol. The second kappa shape index (κ2) is 8.37. The van der Waals surface area contributed by atoms with Gasteiger partial charge in [0.25, 0.3) is 0 Å². The highest BCUT2D eigenvalue weighted by Crippen LogP contribution is 2.32. The van der Waals surface area contributed by atoms with E-state index in [1.807, 2.05) is 24.3 Å². The predicted molar refractivity (Wildman–Crippen MR) is 109 cm³/mol. The van der Waals surface area contributed by atoms with E-state index in [1.165, 1.54) is 0 Å². The number of imidazole rings is 1. The Morgan fingerprint density at radius 2 is 1.71 bits per heavy atom. The molecule has 0 atom stereocenters. The SMILES string of the molecule is N#Cc1ccc(OC2CCC(CSc3nc4ccc(C#N)cc4[nH]3)CC2)cc1. The second-order valence-electron chi connectivity index (χ2n) is 7.09. The van der Waals surface area contributed by atoms with Crippen LogP contribution in [0.15, 0.2) is 47.6 Å². The molecule has 6 heteroatoms. The van der Waals surface area contributed by atoms with Crippen LogP contribution in [0.25, 0.3) is 11.0 Å². The fourth-order valence-electron chi connectivity index (χ4n) is 3.54. The van der Waals surface area contributed by atoms with Gasteiger partial charge in [0.1, 0.15) is 5.75 Å². The van der Waals surface area contributed by atoms with Crippen LogP contribution in [-0.4, -0.2) is 21.8 Å². The van der Waals surface area contributed by atoms with Crippen molar-refractivity contribution in [3.8, 4) is 17.9 Å². The number of rotatable bonds is 5. The Kier molecular flexibility index (Phi) is 5.50. The van der Waals surface area contributed by atoms with E-state index in [2.05, 4.69) is 22.1 Å². The summed E-state index contributed by atoms with van der Waals surface area (Å²) in [7, 11) is 0. The smallest absolute Gasteiger partial charge is 0.166 e. The third-order valence-electron chi connectivity index (χ3n) is 5.12. The molecule has 1 fully saturated rings. The molecule has 1 aliphatic rings. The van der Waals surface area contributed by atoms with Gasteiger partial charge in [-0.2, -0.15) is 10.5 Å². The summed E-state index contributed by atoms with van der Waals surface area (Å²) in [5.41, 5.74) is 3.12. The molecule has 1 aliphatic carbocycles. The summed E-state index contributed by atoms with van der Waals surface area (Å²) in [6.07, 6.45) is 4.65. The van der Waals surface area contributed by atoms with Crippen LogP contribution in [0.1, 0.15) is 36.8 Å². The molecule has 3 aromatic rings. The minimum absolute atomic E-state index is 0.254. The number of ether oxygens (including phenoxy) is 1. The molecule has 0 bridgehead atoms. The van der Waals surface area contributed by atoms with E-state index >= 15 is 0 Å². The summed E-state index contributed by atoms with van der Waals surface area (Å²) in [4.78, 5) is 7.92. The number of thioether (sulfide) groups is 1. The Hall–Kier alpha value is -2.96. The number of benzene rings is 2. The molecule has 0 unspecified atom stereocenters. The lowest BCUT2D eigenvalue weighted by Crippen LogP contribution is -2.25. The van der Waals surface area contributed by atoms with Gasteiger partial charge in [0.15, 0.2) is 5.16 Å². The quantitative estimate of drug-likeness (QED) is 0.619. The summed E-state index contributed by atoms with van der Waals surface area (Å²) in [5, 5.41) is 18.8. The largest absolute Gasteiger partial charge is 0.490 e. The summed E-state index contributed by atoms with van der Waals surface area (Å²) < 4.78 is 6.07. The van der Waals surface area contributed by atoms with Gasteiger partial charge in [-0.25, -0.2) is 4.98 Å². The summed E-state index contributed by atoms with van der Waals surface area (Å²) in [6.45, 7) is 0. The summed E-state index contributed by atoms with van der Waals surface area (Å²) >= 11 is 1.75. The first-order valence-corrected chi connectivity index (χ1v) is 10.4. The summed E-state index contributed by atoms with van der Waals surface area (Å²) in [6, 6.07) is 17.2. The second-order valence-corrected chi connectivity index (χ2v) is 8.10. The van der Waals surface area contributed by atoms with E-state index in [0.29, 0.717) is 17.0 Å². The normalized spacial score (nSPS) is 19.1. The highest BCUT2D eigenvalue weighted by Gasteiger charge is 2.23. The highest BCUT2D eigenvalue weighted by atomic mass is 32.2. The third kappa shape index (κ3) is 4.30. The van der Waals surface area contributed by atoms with Gasteiger partial charge >= 0.3 is 0 Å². The van der Waals surface area contributed by atoms with E-state index in [-0.39, 0.29) is 6.10 Å². The molecule has 28 heavy (non-hydrogen) atoms. The minimum atomic E-state index is 0.254. The van der Waals surface area contributed by atoms with Crippen molar-refractivity contribution in [2.75, 3.05) is 5.75 Å². The van der Waals surface area contributed by atoms with Gasteiger partial charge < -0.3 is 9.72 Å². The fourth-order valence-corrected chi connectivity index (χ4v) is 4.61. The van der Waals surface area contributed by atoms with Crippen molar-refractivity contribution in [2.24, 2.45) is 5.92 Å². The molecular formula is C22H20N4OS. The molecule has 1 aromatic heterocycles. The van der Waals surface area contributed by atoms with Crippen molar-refractivity contribution in [1.82, 2.24) is 9.97 Å². The molecule has 1 heterocycles. The van der Waals surface area contributed by atoms with Gasteiger partial charge in [0.05, 0.1) is 40.4 Å². The Balaban J connectivity index is 1.26. The number of fused-ring (bicyclic) bond motifs is 1. The van der Waals surface area contributed by atoms with Gasteiger partial charge in [-0.05, 0) is 74.1 Å². The van der Waals surface area contributed by atoms with E-state index in [9.17, 15) is 0 Å². The molecular weight excluding hydrogens is 368 g/mol. The number of hydrogen-bond acceptors (Lipinski definition) is 5. The Morgan fingerprint density at radius 3 is 2.43 bits per heavy atom. The predicted octanol–water partition coefficient (Wildman–Crippen LogP) is 5.04. The highest BCUT2D eigenvalue weighted by molar-refractivity contribution is 7.99. The molecule has 0 aliphatic heterocycles. The molecule has 4 rings (SSSR count). The van der Waals surface area contributed by atoms with Crippen molar-refractivity contribution in [3.05, 3.63) is 53.6 Å². The van der Waals surface area contributed by atoms with Crippen LogP contribution in [0.4, 0.5) is 0 Å². The fraction of sp³-hybridized carbons (Fsp3) is 0.318. The average Bonchev–Trinajstić information content (AvgIpc) is 3.16. The van der Waals surface area contributed by atoms with Crippen LogP contribution in [0.3, 0.4) is 0 Å². The molecule has 0 radical (unpaired) electrons. The van der Waals surface area contributed by atoms with Crippen molar-refractivity contribution in [1.29, 1.82) is 10.5 Å². The maximum absolute atomic E-state index is 9.00. The Bertz CT molecular complexity index is 1040. The van der Waals surface area contributed by atoms with E-state index in [1.54, 1.807) is 30.0 Å². The first-order chi connectivity index (χ1) is 13.7. The van der Waals surface area contributed by atoms with Gasteiger partial charge in [0, 0.05) is 5.75 Å². The van der Waals surface area contributed by atoms with E-state index < -0.39 is 0 Å². The van der Waals surface area contributed by atoms with Crippen molar-refractivity contribution in [3.63, 3.8) is 0 Å². The molecule has 2 aromatic carbocycles. The average molecular weight is 388 g/mol. The lowest BCUT2D eigenvalue weighted by molar-refractivity contribution is 0.136. The molecule has 0 amide bonds. The third-order valence-corrected chi connectivity index (χ3v) is 6.23. The topological polar surface area (TPSA) is 85.5 Å². The van der Waals surface area contributed by atoms with Gasteiger partial charge in [-0.15, -0.1) is 0 Å². The van der Waals surface area contributed by atoms with Crippen molar-refractivity contribution < 1.29 is 4.74 Å². The maximum Gasteiger partial charge on any atom is 0.166 e. The minimum Gasteiger partial charge on any atom is -0.490 e. The molecule has 0 saturated heterocycles. The summed E-state index contributed by atoms with van der Waals surface area (Å²) in [5.74, 6) is 2.54. The zero-order valence-corrected chi connectivity index (χ0v) is 16.2. The maximum atomic E-state index is 9.00. The van der Waals surface area contributed by atoms with E-state index in [4.69, 9.17) is 15.3 Å². The van der Waals surface area contributed by atoms with Crippen LogP contribution in [0, 0.1) is 28.6 Å². The van der Waals surface area contributed by atoms with Gasteiger partial charge in [0.2, 0.25) is 0 Å². The molecule has 5 nitrogen and oxygen atoms in total. The number of H-pyrrole nitrogens is 1. The standard InChI is InChI=1S/C22H20N4OS/c23-12-15-1-6-18(7-2-15)27-19-8-3-16(4-9-19)14-28-22-25-20-10-5-17(13-24)11-21(20)26-22/h1-2,5-7,10-11,16,19H,3-4,8-9,14H2,(H,25,26). The van der Waals surface area contributed by atoms with Crippen LogP contribution in [-0.2, 0) is 0 Å². The number of nitrogens with one attached hydrogen (secondary N) is 1. The van der Waals surface area contributed by atoms with Crippen LogP contribution in [0.5, 0.6) is 5.75 Å².